The summed E-state index contributed by atoms with van der Waals surface area (Å²) in [5, 5.41) is 0. The molecule has 0 unspecified atom stereocenters. The summed E-state index contributed by atoms with van der Waals surface area (Å²) in [6.07, 6.45) is 1.39. The Morgan fingerprint density at radius 3 is 2.71 bits per heavy atom. The van der Waals surface area contributed by atoms with Gasteiger partial charge in [-0.1, -0.05) is 15.9 Å². The molecule has 2 N–H and O–H groups in total. The average Bonchev–Trinajstić information content (AvgIpc) is 2.30. The molecule has 0 fully saturated rings. The number of benzene rings is 1. The van der Waals surface area contributed by atoms with E-state index < -0.39 is 0 Å². The summed E-state index contributed by atoms with van der Waals surface area (Å²) < 4.78 is 6.72. The topological polar surface area (TPSA) is 61.0 Å². The van der Waals surface area contributed by atoms with Crippen LogP contribution in [0.5, 0.6) is 11.6 Å². The quantitative estimate of drug-likeness (QED) is 0.923. The van der Waals surface area contributed by atoms with Gasteiger partial charge in [-0.05, 0) is 37.6 Å². The van der Waals surface area contributed by atoms with Crippen LogP contribution in [0.2, 0.25) is 0 Å². The number of halogens is 1. The zero-order valence-corrected chi connectivity index (χ0v) is 11.2. The molecule has 5 heteroatoms. The van der Waals surface area contributed by atoms with Crippen molar-refractivity contribution in [1.29, 1.82) is 0 Å². The third kappa shape index (κ3) is 2.55. The Balaban J connectivity index is 2.31. The first-order valence-electron chi connectivity index (χ1n) is 5.09. The van der Waals surface area contributed by atoms with Gasteiger partial charge in [0.25, 0.3) is 0 Å². The van der Waals surface area contributed by atoms with Crippen molar-refractivity contribution in [3.8, 4) is 11.6 Å². The van der Waals surface area contributed by atoms with E-state index in [1.54, 1.807) is 0 Å². The third-order valence-corrected chi connectivity index (χ3v) is 3.31. The van der Waals surface area contributed by atoms with Crippen molar-refractivity contribution in [2.75, 3.05) is 5.73 Å². The van der Waals surface area contributed by atoms with Gasteiger partial charge in [-0.15, -0.1) is 0 Å². The van der Waals surface area contributed by atoms with E-state index in [1.807, 2.05) is 32.0 Å². The highest BCUT2D eigenvalue weighted by Crippen LogP contribution is 2.27. The van der Waals surface area contributed by atoms with Gasteiger partial charge in [0, 0.05) is 4.47 Å². The van der Waals surface area contributed by atoms with Crippen LogP contribution in [0.25, 0.3) is 0 Å². The van der Waals surface area contributed by atoms with Gasteiger partial charge in [-0.25, -0.2) is 9.97 Å². The van der Waals surface area contributed by atoms with Crippen LogP contribution >= 0.6 is 15.9 Å². The molecule has 1 heterocycles. The number of aromatic nitrogens is 2. The number of anilines is 1. The lowest BCUT2D eigenvalue weighted by atomic mass is 10.2. The molecule has 17 heavy (non-hydrogen) atoms. The minimum atomic E-state index is 0.434. The molecule has 1 aromatic heterocycles. The first-order valence-corrected chi connectivity index (χ1v) is 5.88. The van der Waals surface area contributed by atoms with Crippen LogP contribution in [0.3, 0.4) is 0 Å². The molecule has 2 aromatic rings. The molecule has 0 aliphatic rings. The van der Waals surface area contributed by atoms with E-state index in [2.05, 4.69) is 25.9 Å². The molecule has 2 rings (SSSR count). The fourth-order valence-corrected chi connectivity index (χ4v) is 1.59. The summed E-state index contributed by atoms with van der Waals surface area (Å²) in [5.41, 5.74) is 7.53. The van der Waals surface area contributed by atoms with Crippen molar-refractivity contribution in [3.05, 3.63) is 40.1 Å². The normalized spacial score (nSPS) is 10.3. The second kappa shape index (κ2) is 4.71. The zero-order chi connectivity index (χ0) is 12.4. The highest BCUT2D eigenvalue weighted by atomic mass is 79.9. The Bertz CT molecular complexity index is 557. The van der Waals surface area contributed by atoms with Crippen molar-refractivity contribution < 1.29 is 4.74 Å². The van der Waals surface area contributed by atoms with E-state index in [-0.39, 0.29) is 0 Å². The van der Waals surface area contributed by atoms with Gasteiger partial charge in [-0.2, -0.15) is 0 Å². The number of nitrogens with zero attached hydrogens (tertiary/aromatic N) is 2. The number of ether oxygens (including phenoxy) is 1. The molecule has 0 saturated heterocycles. The number of hydrogen-bond donors (Lipinski definition) is 1. The summed E-state index contributed by atoms with van der Waals surface area (Å²) in [6.45, 7) is 3.83. The SMILES string of the molecule is Cc1cc(Oc2ncnc(N)c2C)ccc1Br. The van der Waals surface area contributed by atoms with E-state index in [0.29, 0.717) is 11.7 Å². The molecule has 0 aliphatic carbocycles. The van der Waals surface area contributed by atoms with Gasteiger partial charge < -0.3 is 10.5 Å². The van der Waals surface area contributed by atoms with Gasteiger partial charge in [0.2, 0.25) is 5.88 Å². The molecule has 0 amide bonds. The highest BCUT2D eigenvalue weighted by molar-refractivity contribution is 9.10. The Hall–Kier alpha value is -1.62. The van der Waals surface area contributed by atoms with Crippen LogP contribution in [0, 0.1) is 13.8 Å². The first-order chi connectivity index (χ1) is 8.08. The lowest BCUT2D eigenvalue weighted by Gasteiger charge is -2.09. The summed E-state index contributed by atoms with van der Waals surface area (Å²) in [4.78, 5) is 7.95. The lowest BCUT2D eigenvalue weighted by molar-refractivity contribution is 0.457. The smallest absolute Gasteiger partial charge is 0.227 e. The van der Waals surface area contributed by atoms with Crippen LogP contribution in [0.4, 0.5) is 5.82 Å². The maximum atomic E-state index is 5.69. The minimum Gasteiger partial charge on any atom is -0.439 e. The molecular weight excluding hydrogens is 282 g/mol. The van der Waals surface area contributed by atoms with Crippen LogP contribution in [-0.2, 0) is 0 Å². The standard InChI is InChI=1S/C12H12BrN3O/c1-7-5-9(3-4-10(7)13)17-12-8(2)11(14)15-6-16-12/h3-6H,1-2H3,(H2,14,15,16). The van der Waals surface area contributed by atoms with Crippen LogP contribution in [-0.4, -0.2) is 9.97 Å². The third-order valence-electron chi connectivity index (χ3n) is 2.42. The van der Waals surface area contributed by atoms with Gasteiger partial charge >= 0.3 is 0 Å². The number of nitrogens with two attached hydrogens (primary N) is 1. The van der Waals surface area contributed by atoms with Gasteiger partial charge in [-0.3, -0.25) is 0 Å². The molecule has 0 bridgehead atoms. The van der Waals surface area contributed by atoms with Gasteiger partial charge in [0.1, 0.15) is 17.9 Å². The van der Waals surface area contributed by atoms with Gasteiger partial charge in [0.05, 0.1) is 5.56 Å². The molecular formula is C12H12BrN3O. The monoisotopic (exact) mass is 293 g/mol. The summed E-state index contributed by atoms with van der Waals surface area (Å²) in [6, 6.07) is 5.74. The average molecular weight is 294 g/mol. The molecule has 0 saturated carbocycles. The zero-order valence-electron chi connectivity index (χ0n) is 9.57. The van der Waals surface area contributed by atoms with Crippen LogP contribution in [0.1, 0.15) is 11.1 Å². The predicted octanol–water partition coefficient (Wildman–Crippen LogP) is 3.23. The highest BCUT2D eigenvalue weighted by Gasteiger charge is 2.07. The largest absolute Gasteiger partial charge is 0.439 e. The lowest BCUT2D eigenvalue weighted by Crippen LogP contribution is -1.99. The molecule has 4 nitrogen and oxygen atoms in total. The summed E-state index contributed by atoms with van der Waals surface area (Å²) in [5.74, 6) is 1.65. The fourth-order valence-electron chi connectivity index (χ4n) is 1.34. The number of aryl methyl sites for hydroxylation is 1. The van der Waals surface area contributed by atoms with Crippen LogP contribution < -0.4 is 10.5 Å². The summed E-state index contributed by atoms with van der Waals surface area (Å²) >= 11 is 3.44. The van der Waals surface area contributed by atoms with E-state index in [9.17, 15) is 0 Å². The first kappa shape index (κ1) is 11.9. The van der Waals surface area contributed by atoms with Crippen molar-refractivity contribution in [2.45, 2.75) is 13.8 Å². The second-order valence-corrected chi connectivity index (χ2v) is 4.56. The van der Waals surface area contributed by atoms with E-state index in [0.717, 1.165) is 21.3 Å². The predicted molar refractivity (Wildman–Crippen MR) is 70.1 cm³/mol. The maximum Gasteiger partial charge on any atom is 0.227 e. The van der Waals surface area contributed by atoms with E-state index in [4.69, 9.17) is 10.5 Å². The molecule has 88 valence electrons. The Kier molecular flexibility index (Phi) is 3.28. The number of rotatable bonds is 2. The second-order valence-electron chi connectivity index (χ2n) is 3.70. The molecule has 0 aliphatic heterocycles. The number of nitrogen functional groups attached to an aromatic ring is 1. The molecule has 1 aromatic carbocycles. The Labute approximate surface area is 108 Å². The van der Waals surface area contributed by atoms with Crippen molar-refractivity contribution in [1.82, 2.24) is 9.97 Å². The molecule has 0 atom stereocenters. The van der Waals surface area contributed by atoms with Crippen molar-refractivity contribution in [3.63, 3.8) is 0 Å². The maximum absolute atomic E-state index is 5.69. The Morgan fingerprint density at radius 2 is 2.00 bits per heavy atom. The van der Waals surface area contributed by atoms with Crippen LogP contribution in [0.15, 0.2) is 29.0 Å². The molecule has 0 radical (unpaired) electrons. The van der Waals surface area contributed by atoms with E-state index in [1.165, 1.54) is 6.33 Å². The van der Waals surface area contributed by atoms with E-state index >= 15 is 0 Å². The van der Waals surface area contributed by atoms with Crippen molar-refractivity contribution >= 4 is 21.7 Å². The fraction of sp³-hybridized carbons (Fsp3) is 0.167. The van der Waals surface area contributed by atoms with Gasteiger partial charge in [0.15, 0.2) is 0 Å². The van der Waals surface area contributed by atoms with Crippen molar-refractivity contribution in [2.24, 2.45) is 0 Å². The summed E-state index contributed by atoms with van der Waals surface area (Å²) in [7, 11) is 0. The molecule has 0 spiro atoms. The Morgan fingerprint density at radius 1 is 1.24 bits per heavy atom. The number of hydrogen-bond acceptors (Lipinski definition) is 4. The minimum absolute atomic E-state index is 0.434.